The predicted molar refractivity (Wildman–Crippen MR) is 81.4 cm³/mol. The summed E-state index contributed by atoms with van der Waals surface area (Å²) in [5, 5.41) is 0. The number of aryl methyl sites for hydroxylation is 2. The van der Waals surface area contributed by atoms with E-state index in [4.69, 9.17) is 0 Å². The van der Waals surface area contributed by atoms with Gasteiger partial charge in [0.25, 0.3) is 0 Å². The zero-order chi connectivity index (χ0) is 14.7. The third kappa shape index (κ3) is 3.67. The molecule has 0 radical (unpaired) electrons. The molecule has 1 amide bonds. The highest BCUT2D eigenvalue weighted by molar-refractivity contribution is 7.12. The van der Waals surface area contributed by atoms with Gasteiger partial charge in [0.05, 0.1) is 6.54 Å². The minimum absolute atomic E-state index is 0.127. The van der Waals surface area contributed by atoms with Gasteiger partial charge in [-0.3, -0.25) is 14.5 Å². The van der Waals surface area contributed by atoms with E-state index in [1.54, 1.807) is 18.3 Å². The summed E-state index contributed by atoms with van der Waals surface area (Å²) in [6.45, 7) is 9.31. The van der Waals surface area contributed by atoms with E-state index in [1.807, 2.05) is 24.8 Å². The Morgan fingerprint density at radius 2 is 1.95 bits per heavy atom. The van der Waals surface area contributed by atoms with E-state index in [-0.39, 0.29) is 11.7 Å². The number of rotatable bonds is 3. The van der Waals surface area contributed by atoms with E-state index in [1.165, 1.54) is 4.88 Å². The molecule has 2 heterocycles. The van der Waals surface area contributed by atoms with Gasteiger partial charge in [-0.25, -0.2) is 0 Å². The molecule has 1 aromatic heterocycles. The molecule has 0 aromatic carbocycles. The standard InChI is InChI=1S/C15H22N2O2S/c1-11-9-14(12(2)20-11)15(19)10-16-5-4-6-17(8-7-16)13(3)18/h9H,4-8,10H2,1-3H3. The molecule has 0 N–H and O–H groups in total. The Kier molecular flexibility index (Phi) is 4.94. The first kappa shape index (κ1) is 15.2. The molecule has 110 valence electrons. The Hall–Kier alpha value is -1.20. The summed E-state index contributed by atoms with van der Waals surface area (Å²) in [5.41, 5.74) is 0.861. The van der Waals surface area contributed by atoms with Crippen molar-refractivity contribution in [3.05, 3.63) is 21.4 Å². The number of nitrogens with zero attached hydrogens (tertiary/aromatic N) is 2. The molecule has 4 nitrogen and oxygen atoms in total. The fraction of sp³-hybridized carbons (Fsp3) is 0.600. The van der Waals surface area contributed by atoms with Crippen molar-refractivity contribution in [2.75, 3.05) is 32.7 Å². The molecular weight excluding hydrogens is 272 g/mol. The molecule has 0 saturated carbocycles. The van der Waals surface area contributed by atoms with Crippen LogP contribution in [0.5, 0.6) is 0 Å². The number of hydrogen-bond acceptors (Lipinski definition) is 4. The van der Waals surface area contributed by atoms with Gasteiger partial charge in [-0.1, -0.05) is 0 Å². The van der Waals surface area contributed by atoms with Crippen molar-refractivity contribution in [2.45, 2.75) is 27.2 Å². The van der Waals surface area contributed by atoms with Crippen LogP contribution in [0.4, 0.5) is 0 Å². The molecular formula is C15H22N2O2S. The monoisotopic (exact) mass is 294 g/mol. The molecule has 1 saturated heterocycles. The third-order valence-corrected chi connectivity index (χ3v) is 4.71. The highest BCUT2D eigenvalue weighted by Gasteiger charge is 2.20. The van der Waals surface area contributed by atoms with E-state index in [0.717, 1.165) is 43.0 Å². The van der Waals surface area contributed by atoms with Crippen molar-refractivity contribution in [1.29, 1.82) is 0 Å². The number of Topliss-reactive ketones (excluding diaryl/α,β-unsaturated/α-hetero) is 1. The summed E-state index contributed by atoms with van der Waals surface area (Å²) in [7, 11) is 0. The molecule has 1 aromatic rings. The largest absolute Gasteiger partial charge is 0.342 e. The first-order chi connectivity index (χ1) is 9.47. The second kappa shape index (κ2) is 6.50. The zero-order valence-electron chi connectivity index (χ0n) is 12.4. The van der Waals surface area contributed by atoms with Crippen LogP contribution in [0.15, 0.2) is 6.07 Å². The van der Waals surface area contributed by atoms with Gasteiger partial charge in [0, 0.05) is 48.4 Å². The molecule has 0 unspecified atom stereocenters. The van der Waals surface area contributed by atoms with Crippen LogP contribution in [0.3, 0.4) is 0 Å². The van der Waals surface area contributed by atoms with Crippen LogP contribution in [0.25, 0.3) is 0 Å². The average Bonchev–Trinajstić information content (AvgIpc) is 2.60. The highest BCUT2D eigenvalue weighted by Crippen LogP contribution is 2.21. The second-order valence-corrected chi connectivity index (χ2v) is 6.85. The Labute approximate surface area is 124 Å². The third-order valence-electron chi connectivity index (χ3n) is 3.74. The van der Waals surface area contributed by atoms with Crippen LogP contribution >= 0.6 is 11.3 Å². The van der Waals surface area contributed by atoms with E-state index >= 15 is 0 Å². The van der Waals surface area contributed by atoms with E-state index in [0.29, 0.717) is 6.54 Å². The van der Waals surface area contributed by atoms with Crippen molar-refractivity contribution >= 4 is 23.0 Å². The molecule has 2 rings (SSSR count). The molecule has 0 aliphatic carbocycles. The van der Waals surface area contributed by atoms with Crippen LogP contribution in [0.1, 0.15) is 33.5 Å². The lowest BCUT2D eigenvalue weighted by atomic mass is 10.1. The molecule has 5 heteroatoms. The summed E-state index contributed by atoms with van der Waals surface area (Å²) in [6.07, 6.45) is 0.939. The number of amides is 1. The Balaban J connectivity index is 1.95. The maximum absolute atomic E-state index is 12.4. The van der Waals surface area contributed by atoms with Gasteiger partial charge in [0.2, 0.25) is 5.91 Å². The van der Waals surface area contributed by atoms with Gasteiger partial charge in [0.1, 0.15) is 0 Å². The van der Waals surface area contributed by atoms with Crippen molar-refractivity contribution in [3.8, 4) is 0 Å². The Bertz CT molecular complexity index is 510. The van der Waals surface area contributed by atoms with Crippen LogP contribution in [-0.2, 0) is 4.79 Å². The zero-order valence-corrected chi connectivity index (χ0v) is 13.3. The van der Waals surface area contributed by atoms with Gasteiger partial charge < -0.3 is 4.90 Å². The molecule has 1 aliphatic rings. The first-order valence-electron chi connectivity index (χ1n) is 7.05. The smallest absolute Gasteiger partial charge is 0.219 e. The normalized spacial score (nSPS) is 17.1. The van der Waals surface area contributed by atoms with Gasteiger partial charge >= 0.3 is 0 Å². The van der Waals surface area contributed by atoms with Gasteiger partial charge in [-0.05, 0) is 26.3 Å². The number of thiophene rings is 1. The molecule has 1 aliphatic heterocycles. The van der Waals surface area contributed by atoms with Crippen molar-refractivity contribution in [1.82, 2.24) is 9.80 Å². The predicted octanol–water partition coefficient (Wildman–Crippen LogP) is 2.10. The van der Waals surface area contributed by atoms with Gasteiger partial charge in [-0.15, -0.1) is 11.3 Å². The van der Waals surface area contributed by atoms with Gasteiger partial charge in [0.15, 0.2) is 5.78 Å². The molecule has 0 bridgehead atoms. The van der Waals surface area contributed by atoms with Crippen LogP contribution in [-0.4, -0.2) is 54.2 Å². The molecule has 20 heavy (non-hydrogen) atoms. The van der Waals surface area contributed by atoms with Crippen LogP contribution in [0, 0.1) is 13.8 Å². The van der Waals surface area contributed by atoms with Gasteiger partial charge in [-0.2, -0.15) is 0 Å². The average molecular weight is 294 g/mol. The second-order valence-electron chi connectivity index (χ2n) is 5.39. The maximum Gasteiger partial charge on any atom is 0.219 e. The molecule has 0 spiro atoms. The number of carbonyl (C=O) groups excluding carboxylic acids is 2. The Morgan fingerprint density at radius 1 is 1.20 bits per heavy atom. The topological polar surface area (TPSA) is 40.6 Å². The van der Waals surface area contributed by atoms with Crippen molar-refractivity contribution in [2.24, 2.45) is 0 Å². The lowest BCUT2D eigenvalue weighted by Gasteiger charge is -2.20. The summed E-state index contributed by atoms with van der Waals surface area (Å²) in [6, 6.07) is 1.99. The number of carbonyl (C=O) groups is 2. The number of ketones is 1. The van der Waals surface area contributed by atoms with E-state index in [9.17, 15) is 9.59 Å². The van der Waals surface area contributed by atoms with Crippen molar-refractivity contribution < 1.29 is 9.59 Å². The summed E-state index contributed by atoms with van der Waals surface area (Å²) in [4.78, 5) is 30.1. The van der Waals surface area contributed by atoms with E-state index in [2.05, 4.69) is 4.90 Å². The Morgan fingerprint density at radius 3 is 2.55 bits per heavy atom. The first-order valence-corrected chi connectivity index (χ1v) is 7.87. The quantitative estimate of drug-likeness (QED) is 0.802. The summed E-state index contributed by atoms with van der Waals surface area (Å²) < 4.78 is 0. The fourth-order valence-corrected chi connectivity index (χ4v) is 3.58. The molecule has 0 atom stereocenters. The summed E-state index contributed by atoms with van der Waals surface area (Å²) in [5.74, 6) is 0.325. The SMILES string of the molecule is CC(=O)N1CCCN(CC(=O)c2cc(C)sc2C)CC1. The minimum Gasteiger partial charge on any atom is -0.342 e. The number of hydrogen-bond donors (Lipinski definition) is 0. The van der Waals surface area contributed by atoms with Crippen LogP contribution < -0.4 is 0 Å². The molecule has 1 fully saturated rings. The lowest BCUT2D eigenvalue weighted by Crippen LogP contribution is -2.35. The lowest BCUT2D eigenvalue weighted by molar-refractivity contribution is -0.128. The van der Waals surface area contributed by atoms with Crippen molar-refractivity contribution in [3.63, 3.8) is 0 Å². The van der Waals surface area contributed by atoms with Crippen LogP contribution in [0.2, 0.25) is 0 Å². The summed E-state index contributed by atoms with van der Waals surface area (Å²) >= 11 is 1.68. The highest BCUT2D eigenvalue weighted by atomic mass is 32.1. The fourth-order valence-electron chi connectivity index (χ4n) is 2.64. The minimum atomic E-state index is 0.127. The van der Waals surface area contributed by atoms with E-state index < -0.39 is 0 Å². The maximum atomic E-state index is 12.4.